The lowest BCUT2D eigenvalue weighted by Crippen LogP contribution is -2.53. The lowest BCUT2D eigenvalue weighted by Gasteiger charge is -2.42. The Labute approximate surface area is 184 Å². The molecule has 0 saturated carbocycles. The first-order chi connectivity index (χ1) is 14.7. The van der Waals surface area contributed by atoms with Crippen molar-refractivity contribution in [3.63, 3.8) is 0 Å². The topological polar surface area (TPSA) is 87.2 Å². The van der Waals surface area contributed by atoms with E-state index in [0.717, 1.165) is 5.56 Å². The van der Waals surface area contributed by atoms with Crippen LogP contribution in [0.2, 0.25) is 0 Å². The third kappa shape index (κ3) is 3.75. The van der Waals surface area contributed by atoms with Gasteiger partial charge in [0.25, 0.3) is 5.03 Å². The number of amides is 1. The van der Waals surface area contributed by atoms with Gasteiger partial charge in [-0.05, 0) is 57.2 Å². The van der Waals surface area contributed by atoms with Crippen LogP contribution in [0.4, 0.5) is 4.39 Å². The third-order valence-corrected chi connectivity index (χ3v) is 7.16. The highest BCUT2D eigenvalue weighted by Crippen LogP contribution is 2.39. The summed E-state index contributed by atoms with van der Waals surface area (Å²) in [6.07, 6.45) is 0. The minimum atomic E-state index is -1.51. The Morgan fingerprint density at radius 1 is 1.16 bits per heavy atom. The molecule has 1 aliphatic heterocycles. The number of halogens is 1. The predicted octanol–water partition coefficient (Wildman–Crippen LogP) is 3.20. The van der Waals surface area contributed by atoms with Gasteiger partial charge in [-0.15, -0.1) is 0 Å². The van der Waals surface area contributed by atoms with E-state index in [2.05, 4.69) is 0 Å². The van der Waals surface area contributed by atoms with E-state index >= 15 is 0 Å². The summed E-state index contributed by atoms with van der Waals surface area (Å²) >= 11 is -1.51. The van der Waals surface area contributed by atoms with Gasteiger partial charge in [0.05, 0.1) is 12.1 Å². The minimum Gasteiger partial charge on any atom is -0.605 e. The molecule has 2 aromatic carbocycles. The standard InChI is InChI=1S/C23H25FN4O2S/c1-15-4-10-18(11-5-15)31(30)21-20(16-6-8-17(24)9-7-16)26-22-23(2,3)28(19(29)14-25)13-12-27(21)22/h4-11H,12-14,25H2,1-3H3. The van der Waals surface area contributed by atoms with Gasteiger partial charge >= 0.3 is 0 Å². The summed E-state index contributed by atoms with van der Waals surface area (Å²) in [6, 6.07) is 13.5. The molecule has 0 bridgehead atoms. The number of carbonyl (C=O) groups excluding carboxylic acids is 1. The molecule has 0 aliphatic carbocycles. The van der Waals surface area contributed by atoms with Crippen molar-refractivity contribution in [2.24, 2.45) is 5.73 Å². The monoisotopic (exact) mass is 440 g/mol. The minimum absolute atomic E-state index is 0.0862. The third-order valence-electron chi connectivity index (χ3n) is 5.69. The van der Waals surface area contributed by atoms with Crippen LogP contribution < -0.4 is 5.73 Å². The molecule has 1 atom stereocenters. The van der Waals surface area contributed by atoms with Gasteiger partial charge in [-0.1, -0.05) is 17.7 Å². The second-order valence-corrected chi connectivity index (χ2v) is 9.53. The van der Waals surface area contributed by atoms with Crippen LogP contribution in [0.1, 0.15) is 25.2 Å². The van der Waals surface area contributed by atoms with E-state index in [-0.39, 0.29) is 18.3 Å². The van der Waals surface area contributed by atoms with Crippen LogP contribution in [-0.2, 0) is 28.1 Å². The van der Waals surface area contributed by atoms with E-state index in [1.807, 2.05) is 49.6 Å². The highest BCUT2D eigenvalue weighted by molar-refractivity contribution is 7.91. The van der Waals surface area contributed by atoms with E-state index in [1.54, 1.807) is 17.0 Å². The number of rotatable bonds is 4. The molecular weight excluding hydrogens is 415 g/mol. The molecule has 162 valence electrons. The van der Waals surface area contributed by atoms with Crippen molar-refractivity contribution in [3.05, 3.63) is 65.7 Å². The molecule has 0 radical (unpaired) electrons. The fourth-order valence-electron chi connectivity index (χ4n) is 4.02. The van der Waals surface area contributed by atoms with E-state index in [0.29, 0.717) is 40.1 Å². The van der Waals surface area contributed by atoms with Gasteiger partial charge in [0.1, 0.15) is 17.3 Å². The molecular formula is C23H25FN4O2S. The average Bonchev–Trinajstić information content (AvgIpc) is 3.15. The Morgan fingerprint density at radius 2 is 1.81 bits per heavy atom. The molecule has 0 fully saturated rings. The van der Waals surface area contributed by atoms with Gasteiger partial charge in [0.2, 0.25) is 5.91 Å². The summed E-state index contributed by atoms with van der Waals surface area (Å²) in [7, 11) is 0. The number of aryl methyl sites for hydroxylation is 1. The Morgan fingerprint density at radius 3 is 2.42 bits per heavy atom. The van der Waals surface area contributed by atoms with Crippen LogP contribution in [0.15, 0.2) is 58.5 Å². The molecule has 2 N–H and O–H groups in total. The van der Waals surface area contributed by atoms with Gasteiger partial charge in [-0.2, -0.15) is 0 Å². The molecule has 0 spiro atoms. The Balaban J connectivity index is 1.91. The number of aromatic nitrogens is 2. The number of fused-ring (bicyclic) bond motifs is 1. The van der Waals surface area contributed by atoms with Crippen molar-refractivity contribution in [1.29, 1.82) is 0 Å². The van der Waals surface area contributed by atoms with Gasteiger partial charge in [0, 0.05) is 29.8 Å². The smallest absolute Gasteiger partial charge is 0.259 e. The van der Waals surface area contributed by atoms with E-state index < -0.39 is 16.7 Å². The highest BCUT2D eigenvalue weighted by Gasteiger charge is 2.43. The molecule has 6 nitrogen and oxygen atoms in total. The van der Waals surface area contributed by atoms with Crippen LogP contribution in [0.5, 0.6) is 0 Å². The molecule has 31 heavy (non-hydrogen) atoms. The van der Waals surface area contributed by atoms with Crippen LogP contribution >= 0.6 is 0 Å². The summed E-state index contributed by atoms with van der Waals surface area (Å²) < 4.78 is 29.2. The fourth-order valence-corrected chi connectivity index (χ4v) is 5.34. The first-order valence-corrected chi connectivity index (χ1v) is 11.2. The molecule has 8 heteroatoms. The van der Waals surface area contributed by atoms with E-state index in [9.17, 15) is 13.7 Å². The lowest BCUT2D eigenvalue weighted by molar-refractivity contribution is -0.137. The number of nitrogens with zero attached hydrogens (tertiary/aromatic N) is 3. The van der Waals surface area contributed by atoms with Crippen LogP contribution in [0, 0.1) is 12.7 Å². The van der Waals surface area contributed by atoms with E-state index in [1.165, 1.54) is 12.1 Å². The fraction of sp³-hybridized carbons (Fsp3) is 0.304. The molecule has 1 unspecified atom stereocenters. The maximum atomic E-state index is 13.7. The van der Waals surface area contributed by atoms with Gasteiger partial charge in [-0.3, -0.25) is 9.36 Å². The van der Waals surface area contributed by atoms with Crippen molar-refractivity contribution in [2.75, 3.05) is 13.1 Å². The second-order valence-electron chi connectivity index (χ2n) is 8.14. The molecule has 1 aliphatic rings. The van der Waals surface area contributed by atoms with Crippen molar-refractivity contribution in [3.8, 4) is 11.3 Å². The molecule has 1 amide bonds. The number of carbonyl (C=O) groups is 1. The summed E-state index contributed by atoms with van der Waals surface area (Å²) in [5.74, 6) is 0.119. The normalized spacial score (nSPS) is 16.1. The van der Waals surface area contributed by atoms with Crippen LogP contribution in [0.3, 0.4) is 0 Å². The number of hydrogen-bond donors (Lipinski definition) is 1. The largest absolute Gasteiger partial charge is 0.605 e. The number of nitrogens with two attached hydrogens (primary N) is 1. The number of imidazole rings is 1. The predicted molar refractivity (Wildman–Crippen MR) is 117 cm³/mol. The molecule has 0 saturated heterocycles. The first kappa shape index (κ1) is 21.5. The maximum absolute atomic E-state index is 13.7. The Kier molecular flexibility index (Phi) is 5.63. The first-order valence-electron chi connectivity index (χ1n) is 10.1. The second kappa shape index (κ2) is 8.11. The van der Waals surface area contributed by atoms with Crippen molar-refractivity contribution in [2.45, 2.75) is 42.8 Å². The number of hydrogen-bond acceptors (Lipinski definition) is 4. The molecule has 4 rings (SSSR count). The summed E-state index contributed by atoms with van der Waals surface area (Å²) in [4.78, 5) is 19.7. The van der Waals surface area contributed by atoms with E-state index in [4.69, 9.17) is 10.7 Å². The summed E-state index contributed by atoms with van der Waals surface area (Å²) in [6.45, 7) is 6.59. The summed E-state index contributed by atoms with van der Waals surface area (Å²) in [5, 5.41) is 0.554. The molecule has 3 aromatic rings. The zero-order valence-corrected chi connectivity index (χ0v) is 18.6. The Bertz CT molecular complexity index is 1110. The van der Waals surface area contributed by atoms with Gasteiger partial charge in [0.15, 0.2) is 4.90 Å². The zero-order valence-electron chi connectivity index (χ0n) is 17.8. The van der Waals surface area contributed by atoms with Crippen LogP contribution in [-0.4, -0.2) is 38.0 Å². The Hall–Kier alpha value is -2.68. The van der Waals surface area contributed by atoms with Gasteiger partial charge < -0.3 is 15.2 Å². The lowest BCUT2D eigenvalue weighted by atomic mass is 9.99. The van der Waals surface area contributed by atoms with Crippen molar-refractivity contribution >= 4 is 17.1 Å². The maximum Gasteiger partial charge on any atom is 0.259 e. The average molecular weight is 441 g/mol. The summed E-state index contributed by atoms with van der Waals surface area (Å²) in [5.41, 5.74) is 7.16. The SMILES string of the molecule is Cc1ccc([S+]([O-])c2c(-c3ccc(F)cc3)nc3n2CCN(C(=O)CN)C3(C)C)cc1. The van der Waals surface area contributed by atoms with Crippen molar-refractivity contribution < 1.29 is 13.7 Å². The van der Waals surface area contributed by atoms with Crippen LogP contribution in [0.25, 0.3) is 11.3 Å². The molecule has 2 heterocycles. The zero-order chi connectivity index (χ0) is 22.3. The molecule has 1 aromatic heterocycles. The van der Waals surface area contributed by atoms with Gasteiger partial charge in [-0.25, -0.2) is 9.37 Å². The van der Waals surface area contributed by atoms with Crippen molar-refractivity contribution in [1.82, 2.24) is 14.5 Å². The quantitative estimate of drug-likeness (QED) is 0.631. The number of benzene rings is 2. The highest BCUT2D eigenvalue weighted by atomic mass is 32.2.